The standard InChI is InChI=1S/C18H20O5/c1-21-16-9-8-13(11-17(16)22-2)10-15(19)12-23-18(20)14-6-4-3-5-7-14/h3-9,11,15,19H,10,12H2,1-2H3/t15-/m1/s1. The van der Waals surface area contributed by atoms with Crippen LogP contribution in [0.5, 0.6) is 11.5 Å². The molecule has 122 valence electrons. The molecule has 23 heavy (non-hydrogen) atoms. The molecule has 0 aliphatic heterocycles. The van der Waals surface area contributed by atoms with Crippen molar-refractivity contribution in [3.63, 3.8) is 0 Å². The number of aliphatic hydroxyl groups excluding tert-OH is 1. The Hall–Kier alpha value is -2.53. The molecule has 0 radical (unpaired) electrons. The molecule has 1 atom stereocenters. The second kappa shape index (κ2) is 8.19. The molecule has 2 rings (SSSR count). The molecule has 0 aliphatic rings. The Morgan fingerprint density at radius 3 is 2.39 bits per heavy atom. The summed E-state index contributed by atoms with van der Waals surface area (Å²) in [5, 5.41) is 10.0. The number of carbonyl (C=O) groups excluding carboxylic acids is 1. The Kier molecular flexibility index (Phi) is 6.00. The normalized spacial score (nSPS) is 11.6. The number of hydrogen-bond acceptors (Lipinski definition) is 5. The molecule has 1 N–H and O–H groups in total. The lowest BCUT2D eigenvalue weighted by atomic mass is 10.1. The van der Waals surface area contributed by atoms with Crippen molar-refractivity contribution in [2.75, 3.05) is 20.8 Å². The summed E-state index contributed by atoms with van der Waals surface area (Å²) in [5.74, 6) is 0.775. The number of benzene rings is 2. The summed E-state index contributed by atoms with van der Waals surface area (Å²) in [6.45, 7) is -0.0674. The summed E-state index contributed by atoms with van der Waals surface area (Å²) in [4.78, 5) is 11.8. The van der Waals surface area contributed by atoms with Crippen molar-refractivity contribution in [2.24, 2.45) is 0 Å². The van der Waals surface area contributed by atoms with Gasteiger partial charge in [-0.2, -0.15) is 0 Å². The minimum absolute atomic E-state index is 0.0674. The lowest BCUT2D eigenvalue weighted by Crippen LogP contribution is -2.21. The third-order valence-electron chi connectivity index (χ3n) is 3.34. The van der Waals surface area contributed by atoms with Crippen molar-refractivity contribution in [3.05, 3.63) is 59.7 Å². The molecule has 0 saturated heterocycles. The van der Waals surface area contributed by atoms with E-state index in [4.69, 9.17) is 14.2 Å². The fourth-order valence-corrected chi connectivity index (χ4v) is 2.17. The number of ether oxygens (including phenoxy) is 3. The highest BCUT2D eigenvalue weighted by molar-refractivity contribution is 5.89. The van der Waals surface area contributed by atoms with Gasteiger partial charge in [0.25, 0.3) is 0 Å². The van der Waals surface area contributed by atoms with E-state index in [2.05, 4.69) is 0 Å². The molecule has 0 bridgehead atoms. The van der Waals surface area contributed by atoms with Crippen LogP contribution in [0.2, 0.25) is 0 Å². The van der Waals surface area contributed by atoms with Gasteiger partial charge in [0.2, 0.25) is 0 Å². The van der Waals surface area contributed by atoms with Gasteiger partial charge in [-0.3, -0.25) is 0 Å². The van der Waals surface area contributed by atoms with Crippen LogP contribution in [0.4, 0.5) is 0 Å². The average molecular weight is 316 g/mol. The average Bonchev–Trinajstić information content (AvgIpc) is 2.60. The molecule has 5 heteroatoms. The maximum absolute atomic E-state index is 11.8. The SMILES string of the molecule is COc1ccc(C[C@@H](O)COC(=O)c2ccccc2)cc1OC. The fourth-order valence-electron chi connectivity index (χ4n) is 2.17. The predicted octanol–water partition coefficient (Wildman–Crippen LogP) is 2.46. The molecule has 0 heterocycles. The Bertz CT molecular complexity index is 639. The van der Waals surface area contributed by atoms with Crippen LogP contribution in [0.3, 0.4) is 0 Å². The summed E-state index contributed by atoms with van der Waals surface area (Å²) in [7, 11) is 3.12. The number of methoxy groups -OCH3 is 2. The molecule has 5 nitrogen and oxygen atoms in total. The number of rotatable bonds is 7. The van der Waals surface area contributed by atoms with Crippen molar-refractivity contribution < 1.29 is 24.1 Å². The van der Waals surface area contributed by atoms with Crippen LogP contribution < -0.4 is 9.47 Å². The van der Waals surface area contributed by atoms with Gasteiger partial charge in [0.15, 0.2) is 11.5 Å². The van der Waals surface area contributed by atoms with Gasteiger partial charge in [0.1, 0.15) is 6.61 Å². The molecule has 0 spiro atoms. The van der Waals surface area contributed by atoms with Crippen molar-refractivity contribution in [3.8, 4) is 11.5 Å². The first kappa shape index (κ1) is 16.8. The molecule has 0 unspecified atom stereocenters. The zero-order valence-corrected chi connectivity index (χ0v) is 13.2. The van der Waals surface area contributed by atoms with Gasteiger partial charge < -0.3 is 19.3 Å². The molecule has 0 aromatic heterocycles. The van der Waals surface area contributed by atoms with Gasteiger partial charge in [-0.05, 0) is 29.8 Å². The maximum Gasteiger partial charge on any atom is 0.338 e. The second-order valence-electron chi connectivity index (χ2n) is 5.01. The number of esters is 1. The molecule has 0 amide bonds. The Balaban J connectivity index is 1.90. The highest BCUT2D eigenvalue weighted by atomic mass is 16.5. The second-order valence-corrected chi connectivity index (χ2v) is 5.01. The maximum atomic E-state index is 11.8. The smallest absolute Gasteiger partial charge is 0.338 e. The van der Waals surface area contributed by atoms with E-state index in [-0.39, 0.29) is 6.61 Å². The molecule has 0 aliphatic carbocycles. The van der Waals surface area contributed by atoms with E-state index in [0.29, 0.717) is 23.5 Å². The van der Waals surface area contributed by atoms with Crippen molar-refractivity contribution in [2.45, 2.75) is 12.5 Å². The highest BCUT2D eigenvalue weighted by Crippen LogP contribution is 2.28. The first-order valence-electron chi connectivity index (χ1n) is 7.25. The third-order valence-corrected chi connectivity index (χ3v) is 3.34. The van der Waals surface area contributed by atoms with Gasteiger partial charge in [0.05, 0.1) is 25.9 Å². The Labute approximate surface area is 135 Å². The van der Waals surface area contributed by atoms with E-state index < -0.39 is 12.1 Å². The van der Waals surface area contributed by atoms with Gasteiger partial charge in [-0.15, -0.1) is 0 Å². The summed E-state index contributed by atoms with van der Waals surface area (Å²) in [5.41, 5.74) is 1.33. The molecule has 2 aromatic rings. The number of carbonyl (C=O) groups is 1. The quantitative estimate of drug-likeness (QED) is 0.795. The predicted molar refractivity (Wildman–Crippen MR) is 86.0 cm³/mol. The summed E-state index contributed by atoms with van der Waals surface area (Å²) >= 11 is 0. The minimum Gasteiger partial charge on any atom is -0.493 e. The van der Waals surface area contributed by atoms with Crippen LogP contribution in [0.25, 0.3) is 0 Å². The topological polar surface area (TPSA) is 65.0 Å². The fraction of sp³-hybridized carbons (Fsp3) is 0.278. The van der Waals surface area contributed by atoms with Crippen LogP contribution in [0, 0.1) is 0 Å². The molecule has 0 saturated carbocycles. The largest absolute Gasteiger partial charge is 0.493 e. The third kappa shape index (κ3) is 4.72. The summed E-state index contributed by atoms with van der Waals surface area (Å²) in [6.07, 6.45) is -0.441. The summed E-state index contributed by atoms with van der Waals surface area (Å²) < 4.78 is 15.5. The molecule has 0 fully saturated rings. The van der Waals surface area contributed by atoms with E-state index in [1.165, 1.54) is 0 Å². The first-order valence-corrected chi connectivity index (χ1v) is 7.25. The zero-order valence-electron chi connectivity index (χ0n) is 13.2. The van der Waals surface area contributed by atoms with E-state index in [0.717, 1.165) is 5.56 Å². The molecular formula is C18H20O5. The molecular weight excluding hydrogens is 296 g/mol. The Morgan fingerprint density at radius 1 is 1.04 bits per heavy atom. The van der Waals surface area contributed by atoms with Crippen LogP contribution in [0.1, 0.15) is 15.9 Å². The van der Waals surface area contributed by atoms with E-state index in [9.17, 15) is 9.90 Å². The molecule has 2 aromatic carbocycles. The van der Waals surface area contributed by atoms with E-state index in [1.807, 2.05) is 12.1 Å². The van der Waals surface area contributed by atoms with Crippen molar-refractivity contribution in [1.82, 2.24) is 0 Å². The minimum atomic E-state index is -0.791. The van der Waals surface area contributed by atoms with Crippen LogP contribution in [-0.4, -0.2) is 38.0 Å². The van der Waals surface area contributed by atoms with Crippen LogP contribution in [-0.2, 0) is 11.2 Å². The van der Waals surface area contributed by atoms with Gasteiger partial charge in [-0.25, -0.2) is 4.79 Å². The van der Waals surface area contributed by atoms with E-state index in [1.54, 1.807) is 50.6 Å². The lowest BCUT2D eigenvalue weighted by Gasteiger charge is -2.13. The van der Waals surface area contributed by atoms with Gasteiger partial charge >= 0.3 is 5.97 Å². The van der Waals surface area contributed by atoms with Gasteiger partial charge in [0, 0.05) is 6.42 Å². The zero-order chi connectivity index (χ0) is 16.7. The monoisotopic (exact) mass is 316 g/mol. The highest BCUT2D eigenvalue weighted by Gasteiger charge is 2.13. The van der Waals surface area contributed by atoms with Crippen LogP contribution in [0.15, 0.2) is 48.5 Å². The number of hydrogen-bond donors (Lipinski definition) is 1. The van der Waals surface area contributed by atoms with Crippen molar-refractivity contribution >= 4 is 5.97 Å². The van der Waals surface area contributed by atoms with Crippen LogP contribution >= 0.6 is 0 Å². The van der Waals surface area contributed by atoms with E-state index >= 15 is 0 Å². The van der Waals surface area contributed by atoms with Gasteiger partial charge in [-0.1, -0.05) is 24.3 Å². The summed E-state index contributed by atoms with van der Waals surface area (Å²) in [6, 6.07) is 14.1. The first-order chi connectivity index (χ1) is 11.1. The van der Waals surface area contributed by atoms with Crippen molar-refractivity contribution in [1.29, 1.82) is 0 Å². The lowest BCUT2D eigenvalue weighted by molar-refractivity contribution is 0.0258. The Morgan fingerprint density at radius 2 is 1.74 bits per heavy atom. The number of aliphatic hydroxyl groups is 1.